The van der Waals surface area contributed by atoms with Crippen LogP contribution < -0.4 is 10.1 Å². The molecular weight excluding hydrogens is 434 g/mol. The Morgan fingerprint density at radius 1 is 1.23 bits per heavy atom. The van der Waals surface area contributed by atoms with E-state index >= 15 is 0 Å². The lowest BCUT2D eigenvalue weighted by Gasteiger charge is -2.26. The fourth-order valence-electron chi connectivity index (χ4n) is 3.31. The molecule has 4 rings (SSSR count). The zero-order valence-corrected chi connectivity index (χ0v) is 18.8. The van der Waals surface area contributed by atoms with Crippen molar-refractivity contribution in [2.75, 3.05) is 38.2 Å². The van der Waals surface area contributed by atoms with Gasteiger partial charge in [0.2, 0.25) is 0 Å². The van der Waals surface area contributed by atoms with Crippen molar-refractivity contribution in [1.82, 2.24) is 9.88 Å². The molecule has 0 aliphatic carbocycles. The van der Waals surface area contributed by atoms with Crippen molar-refractivity contribution in [1.29, 1.82) is 0 Å². The largest absolute Gasteiger partial charge is 0.484 e. The summed E-state index contributed by atoms with van der Waals surface area (Å²) in [5.41, 5.74) is 2.84. The van der Waals surface area contributed by atoms with Crippen molar-refractivity contribution in [3.05, 3.63) is 64.0 Å². The van der Waals surface area contributed by atoms with Crippen molar-refractivity contribution in [2.45, 2.75) is 13.5 Å². The molecule has 0 unspecified atom stereocenters. The first-order chi connectivity index (χ1) is 15.1. The van der Waals surface area contributed by atoms with E-state index in [4.69, 9.17) is 26.1 Å². The number of carbonyl (C=O) groups is 1. The van der Waals surface area contributed by atoms with Gasteiger partial charge in [0.1, 0.15) is 5.75 Å². The minimum absolute atomic E-state index is 0.0971. The van der Waals surface area contributed by atoms with E-state index < -0.39 is 0 Å². The molecule has 1 N–H and O–H groups in total. The van der Waals surface area contributed by atoms with Gasteiger partial charge in [-0.2, -0.15) is 0 Å². The molecule has 0 saturated carbocycles. The molecule has 1 amide bonds. The van der Waals surface area contributed by atoms with E-state index in [1.54, 1.807) is 12.1 Å². The Labute approximate surface area is 190 Å². The van der Waals surface area contributed by atoms with Crippen LogP contribution in [0.3, 0.4) is 0 Å². The smallest absolute Gasteiger partial charge is 0.264 e. The number of carbonyl (C=O) groups excluding carboxylic acids is 1. The normalized spacial score (nSPS) is 14.4. The second kappa shape index (κ2) is 10.2. The number of hydrogen-bond donors (Lipinski definition) is 1. The lowest BCUT2D eigenvalue weighted by molar-refractivity contribution is -0.118. The van der Waals surface area contributed by atoms with Gasteiger partial charge in [-0.05, 0) is 30.7 Å². The average molecular weight is 458 g/mol. The first kappa shape index (κ1) is 21.8. The highest BCUT2D eigenvalue weighted by atomic mass is 35.5. The van der Waals surface area contributed by atoms with Crippen LogP contribution in [0, 0.1) is 6.92 Å². The molecule has 0 bridgehead atoms. The van der Waals surface area contributed by atoms with Crippen LogP contribution in [0.25, 0.3) is 11.3 Å². The van der Waals surface area contributed by atoms with E-state index in [-0.39, 0.29) is 12.5 Å². The Morgan fingerprint density at radius 2 is 2.00 bits per heavy atom. The van der Waals surface area contributed by atoms with Crippen molar-refractivity contribution in [2.24, 2.45) is 0 Å². The molecule has 31 heavy (non-hydrogen) atoms. The van der Waals surface area contributed by atoms with Gasteiger partial charge in [-0.25, -0.2) is 4.98 Å². The summed E-state index contributed by atoms with van der Waals surface area (Å²) in [4.78, 5) is 20.7. The Bertz CT molecular complexity index is 1040. The average Bonchev–Trinajstić information content (AvgIpc) is 3.18. The van der Waals surface area contributed by atoms with Crippen molar-refractivity contribution < 1.29 is 14.3 Å². The summed E-state index contributed by atoms with van der Waals surface area (Å²) in [5.74, 6) is 0.355. The lowest BCUT2D eigenvalue weighted by atomic mass is 10.1. The molecule has 6 nitrogen and oxygen atoms in total. The van der Waals surface area contributed by atoms with Crippen LogP contribution in [-0.2, 0) is 16.1 Å². The molecule has 0 spiro atoms. The zero-order chi connectivity index (χ0) is 21.6. The van der Waals surface area contributed by atoms with Crippen LogP contribution in [0.2, 0.25) is 5.02 Å². The molecule has 3 aromatic rings. The zero-order valence-electron chi connectivity index (χ0n) is 17.3. The number of nitrogens with one attached hydrogen (secondary N) is 1. The van der Waals surface area contributed by atoms with Crippen molar-refractivity contribution >= 4 is 34.0 Å². The highest BCUT2D eigenvalue weighted by Gasteiger charge is 2.19. The van der Waals surface area contributed by atoms with Crippen LogP contribution in [0.5, 0.6) is 5.75 Å². The first-order valence-corrected chi connectivity index (χ1v) is 11.3. The van der Waals surface area contributed by atoms with Crippen molar-refractivity contribution in [3.63, 3.8) is 0 Å². The van der Waals surface area contributed by atoms with Gasteiger partial charge in [-0.15, -0.1) is 0 Å². The van der Waals surface area contributed by atoms with E-state index in [0.717, 1.165) is 54.5 Å². The maximum absolute atomic E-state index is 12.5. The van der Waals surface area contributed by atoms with Crippen LogP contribution in [-0.4, -0.2) is 48.7 Å². The standard InChI is InChI=1S/C23H24ClN3O3S/c1-16-13-18(7-8-19(16)24)30-15-21(28)25-23-26-22(17-5-3-2-4-6-17)20(31-23)14-27-9-11-29-12-10-27/h2-8,13H,9-12,14-15H2,1H3,(H,25,26,28). The number of amides is 1. The van der Waals surface area contributed by atoms with E-state index in [1.807, 2.05) is 43.3 Å². The Morgan fingerprint density at radius 3 is 2.74 bits per heavy atom. The van der Waals surface area contributed by atoms with Crippen LogP contribution in [0.1, 0.15) is 10.4 Å². The fourth-order valence-corrected chi connectivity index (χ4v) is 4.47. The number of halogens is 1. The summed E-state index contributed by atoms with van der Waals surface area (Å²) in [6.07, 6.45) is 0. The molecule has 1 fully saturated rings. The highest BCUT2D eigenvalue weighted by molar-refractivity contribution is 7.16. The van der Waals surface area contributed by atoms with Gasteiger partial charge in [0.25, 0.3) is 5.91 Å². The number of thiazole rings is 1. The topological polar surface area (TPSA) is 63.7 Å². The van der Waals surface area contributed by atoms with Gasteiger partial charge in [0, 0.05) is 35.1 Å². The Balaban J connectivity index is 1.45. The van der Waals surface area contributed by atoms with Gasteiger partial charge in [0.15, 0.2) is 11.7 Å². The third-order valence-corrected chi connectivity index (χ3v) is 6.34. The number of benzene rings is 2. The van der Waals surface area contributed by atoms with Crippen LogP contribution in [0.15, 0.2) is 48.5 Å². The summed E-state index contributed by atoms with van der Waals surface area (Å²) in [6.45, 7) is 5.84. The van der Waals surface area contributed by atoms with Gasteiger partial charge in [-0.1, -0.05) is 53.3 Å². The summed E-state index contributed by atoms with van der Waals surface area (Å²) >= 11 is 7.54. The molecule has 1 aliphatic rings. The van der Waals surface area contributed by atoms with Crippen LogP contribution in [0.4, 0.5) is 5.13 Å². The second-order valence-electron chi connectivity index (χ2n) is 7.29. The summed E-state index contributed by atoms with van der Waals surface area (Å²) < 4.78 is 11.1. The number of anilines is 1. The summed E-state index contributed by atoms with van der Waals surface area (Å²) in [7, 11) is 0. The number of nitrogens with zero attached hydrogens (tertiary/aromatic N) is 2. The van der Waals surface area contributed by atoms with E-state index in [9.17, 15) is 4.79 Å². The van der Waals surface area contributed by atoms with E-state index in [2.05, 4.69) is 10.2 Å². The quantitative estimate of drug-likeness (QED) is 0.560. The van der Waals surface area contributed by atoms with Gasteiger partial charge in [0.05, 0.1) is 18.9 Å². The minimum atomic E-state index is -0.251. The minimum Gasteiger partial charge on any atom is -0.484 e. The Hall–Kier alpha value is -2.45. The molecule has 0 atom stereocenters. The first-order valence-electron chi connectivity index (χ1n) is 10.1. The third kappa shape index (κ3) is 5.83. The van der Waals surface area contributed by atoms with Crippen molar-refractivity contribution in [3.8, 4) is 17.0 Å². The predicted octanol–water partition coefficient (Wildman–Crippen LogP) is 4.62. The molecule has 162 valence electrons. The van der Waals surface area contributed by atoms with Gasteiger partial charge in [-0.3, -0.25) is 15.0 Å². The number of aryl methyl sites for hydroxylation is 1. The molecular formula is C23H24ClN3O3S. The van der Waals surface area contributed by atoms with Gasteiger partial charge >= 0.3 is 0 Å². The predicted molar refractivity (Wildman–Crippen MR) is 124 cm³/mol. The number of rotatable bonds is 7. The molecule has 1 saturated heterocycles. The highest BCUT2D eigenvalue weighted by Crippen LogP contribution is 2.32. The number of ether oxygens (including phenoxy) is 2. The lowest BCUT2D eigenvalue weighted by Crippen LogP contribution is -2.35. The molecule has 2 heterocycles. The number of aromatic nitrogens is 1. The fraction of sp³-hybridized carbons (Fsp3) is 0.304. The van der Waals surface area contributed by atoms with E-state index in [0.29, 0.717) is 15.9 Å². The maximum Gasteiger partial charge on any atom is 0.264 e. The van der Waals surface area contributed by atoms with E-state index in [1.165, 1.54) is 11.3 Å². The van der Waals surface area contributed by atoms with Gasteiger partial charge < -0.3 is 9.47 Å². The second-order valence-corrected chi connectivity index (χ2v) is 8.78. The SMILES string of the molecule is Cc1cc(OCC(=O)Nc2nc(-c3ccccc3)c(CN3CCOCC3)s2)ccc1Cl. The molecule has 0 radical (unpaired) electrons. The maximum atomic E-state index is 12.5. The molecule has 1 aromatic heterocycles. The summed E-state index contributed by atoms with van der Waals surface area (Å²) in [5, 5.41) is 4.12. The third-order valence-electron chi connectivity index (χ3n) is 4.96. The molecule has 2 aromatic carbocycles. The summed E-state index contributed by atoms with van der Waals surface area (Å²) in [6, 6.07) is 15.4. The Kier molecular flexibility index (Phi) is 7.19. The van der Waals surface area contributed by atoms with Crippen LogP contribution >= 0.6 is 22.9 Å². The molecule has 8 heteroatoms. The monoisotopic (exact) mass is 457 g/mol. The molecule has 1 aliphatic heterocycles. The number of hydrogen-bond acceptors (Lipinski definition) is 6. The number of morpholine rings is 1.